The van der Waals surface area contributed by atoms with Gasteiger partial charge >= 0.3 is 0 Å². The fraction of sp³-hybridized carbons (Fsp3) is 0.500. The Hall–Kier alpha value is -1.85. The number of guanidine groups is 1. The summed E-state index contributed by atoms with van der Waals surface area (Å²) in [5.41, 5.74) is 1.09. The van der Waals surface area contributed by atoms with Gasteiger partial charge in [-0.1, -0.05) is 17.7 Å². The Labute approximate surface area is 212 Å². The fourth-order valence-electron chi connectivity index (χ4n) is 3.44. The number of nitrogens with one attached hydrogen (secondary N) is 2. The van der Waals surface area contributed by atoms with Crippen LogP contribution in [0, 0.1) is 0 Å². The van der Waals surface area contributed by atoms with Gasteiger partial charge in [-0.3, -0.25) is 9.89 Å². The third kappa shape index (κ3) is 8.25. The van der Waals surface area contributed by atoms with Crippen LogP contribution < -0.4 is 20.3 Å². The number of benzene rings is 1. The largest absolute Gasteiger partial charge is 0.497 e. The average Bonchev–Trinajstić information content (AvgIpc) is 2.81. The second-order valence-corrected chi connectivity index (χ2v) is 7.68. The van der Waals surface area contributed by atoms with Crippen molar-refractivity contribution in [2.45, 2.75) is 13.3 Å². The Balaban J connectivity index is 0.00000363. The topological polar surface area (TPSA) is 77.9 Å². The molecule has 0 spiro atoms. The van der Waals surface area contributed by atoms with Crippen molar-refractivity contribution in [1.82, 2.24) is 25.5 Å². The lowest BCUT2D eigenvalue weighted by Gasteiger charge is -2.34. The molecule has 0 aliphatic carbocycles. The summed E-state index contributed by atoms with van der Waals surface area (Å²) in [6.45, 7) is 9.20. The van der Waals surface area contributed by atoms with Crippen LogP contribution in [0.3, 0.4) is 0 Å². The first kappa shape index (κ1) is 26.4. The molecule has 0 unspecified atom stereocenters. The second kappa shape index (κ2) is 14.3. The van der Waals surface area contributed by atoms with Gasteiger partial charge in [-0.05, 0) is 37.1 Å². The molecule has 0 saturated carbocycles. The summed E-state index contributed by atoms with van der Waals surface area (Å²) < 4.78 is 5.21. The van der Waals surface area contributed by atoms with Crippen LogP contribution >= 0.6 is 35.6 Å². The number of aliphatic imine (C=N–C) groups is 1. The fourth-order valence-corrected chi connectivity index (χ4v) is 3.71. The van der Waals surface area contributed by atoms with E-state index in [1.807, 2.05) is 24.3 Å². The molecule has 0 amide bonds. The quantitative estimate of drug-likeness (QED) is 0.271. The zero-order valence-corrected chi connectivity index (χ0v) is 21.8. The van der Waals surface area contributed by atoms with Gasteiger partial charge in [0.25, 0.3) is 0 Å². The maximum Gasteiger partial charge on any atom is 0.225 e. The summed E-state index contributed by atoms with van der Waals surface area (Å²) in [7, 11) is 1.64. The van der Waals surface area contributed by atoms with E-state index in [0.29, 0.717) is 0 Å². The number of methoxy groups -OCH3 is 1. The molecule has 1 fully saturated rings. The summed E-state index contributed by atoms with van der Waals surface area (Å²) in [6, 6.07) is 7.64. The van der Waals surface area contributed by atoms with Crippen LogP contribution in [0.5, 0.6) is 5.75 Å². The van der Waals surface area contributed by atoms with Crippen LogP contribution in [0.1, 0.15) is 12.5 Å². The van der Waals surface area contributed by atoms with Crippen LogP contribution in [0.25, 0.3) is 0 Å². The van der Waals surface area contributed by atoms with E-state index in [0.717, 1.165) is 87.0 Å². The molecule has 0 atom stereocenters. The number of hydrogen-bond acceptors (Lipinski definition) is 6. The zero-order valence-electron chi connectivity index (χ0n) is 18.8. The van der Waals surface area contributed by atoms with Gasteiger partial charge in [-0.15, -0.1) is 24.0 Å². The van der Waals surface area contributed by atoms with Gasteiger partial charge in [0, 0.05) is 63.2 Å². The molecule has 1 aliphatic heterocycles. The predicted molar refractivity (Wildman–Crippen MR) is 142 cm³/mol. The van der Waals surface area contributed by atoms with Crippen molar-refractivity contribution in [1.29, 1.82) is 0 Å². The Kier molecular flexibility index (Phi) is 11.8. The Bertz CT molecular complexity index is 832. The summed E-state index contributed by atoms with van der Waals surface area (Å²) in [5, 5.41) is 7.43. The van der Waals surface area contributed by atoms with E-state index in [1.54, 1.807) is 19.5 Å². The second-order valence-electron chi connectivity index (χ2n) is 7.27. The number of halogens is 2. The molecule has 176 valence electrons. The Morgan fingerprint density at radius 2 is 1.91 bits per heavy atom. The van der Waals surface area contributed by atoms with Crippen molar-refractivity contribution in [3.63, 3.8) is 0 Å². The summed E-state index contributed by atoms with van der Waals surface area (Å²) in [6.07, 6.45) is 4.40. The smallest absolute Gasteiger partial charge is 0.225 e. The van der Waals surface area contributed by atoms with Gasteiger partial charge in [0.05, 0.1) is 13.7 Å². The monoisotopic (exact) mass is 573 g/mol. The van der Waals surface area contributed by atoms with Crippen molar-refractivity contribution < 1.29 is 4.74 Å². The predicted octanol–water partition coefficient (Wildman–Crippen LogP) is 2.68. The number of anilines is 1. The maximum atomic E-state index is 6.33. The zero-order chi connectivity index (χ0) is 21.9. The third-order valence-electron chi connectivity index (χ3n) is 5.18. The molecule has 1 aliphatic rings. The number of ether oxygens (including phenoxy) is 1. The summed E-state index contributed by atoms with van der Waals surface area (Å²) >= 11 is 6.33. The molecule has 2 aromatic rings. The lowest BCUT2D eigenvalue weighted by molar-refractivity contribution is 0.263. The van der Waals surface area contributed by atoms with Crippen LogP contribution in [-0.4, -0.2) is 80.3 Å². The van der Waals surface area contributed by atoms with E-state index in [-0.39, 0.29) is 24.0 Å². The molecule has 10 heteroatoms. The van der Waals surface area contributed by atoms with Crippen LogP contribution in [0.4, 0.5) is 5.95 Å². The van der Waals surface area contributed by atoms with Crippen molar-refractivity contribution in [3.05, 3.63) is 47.2 Å². The molecule has 1 aromatic heterocycles. The lowest BCUT2D eigenvalue weighted by Crippen LogP contribution is -2.47. The summed E-state index contributed by atoms with van der Waals surface area (Å²) in [5.74, 6) is 2.42. The first-order valence-electron chi connectivity index (χ1n) is 10.8. The van der Waals surface area contributed by atoms with E-state index >= 15 is 0 Å². The van der Waals surface area contributed by atoms with Crippen molar-refractivity contribution in [3.8, 4) is 5.75 Å². The molecule has 3 rings (SSSR count). The Morgan fingerprint density at radius 3 is 2.56 bits per heavy atom. The number of nitrogens with zero attached hydrogens (tertiary/aromatic N) is 5. The molecule has 0 radical (unpaired) electrons. The van der Waals surface area contributed by atoms with E-state index in [2.05, 4.69) is 37.3 Å². The van der Waals surface area contributed by atoms with Gasteiger partial charge < -0.3 is 20.3 Å². The molecule has 2 heterocycles. The van der Waals surface area contributed by atoms with E-state index < -0.39 is 0 Å². The van der Waals surface area contributed by atoms with Gasteiger partial charge in [0.1, 0.15) is 5.75 Å². The highest BCUT2D eigenvalue weighted by Crippen LogP contribution is 2.22. The number of hydrogen-bond donors (Lipinski definition) is 2. The number of rotatable bonds is 9. The molecule has 0 bridgehead atoms. The Morgan fingerprint density at radius 1 is 1.16 bits per heavy atom. The van der Waals surface area contributed by atoms with Gasteiger partial charge in [0.15, 0.2) is 5.96 Å². The highest BCUT2D eigenvalue weighted by Gasteiger charge is 2.18. The van der Waals surface area contributed by atoms with Gasteiger partial charge in [0.2, 0.25) is 5.95 Å². The molecule has 2 N–H and O–H groups in total. The standard InChI is InChI=1S/C22H32ClN7O.HI/c1-3-24-21(25-10-7-18-5-6-19(31-2)17-20(18)23)26-11-12-29-13-15-30(16-14-29)22-27-8-4-9-28-22;/h4-6,8-9,17H,3,7,10-16H2,1-2H3,(H2,24,25,26);1H. The van der Waals surface area contributed by atoms with E-state index in [9.17, 15) is 0 Å². The van der Waals surface area contributed by atoms with Crippen LogP contribution in [-0.2, 0) is 6.42 Å². The molecule has 1 saturated heterocycles. The minimum absolute atomic E-state index is 0. The van der Waals surface area contributed by atoms with Crippen LogP contribution in [0.2, 0.25) is 5.02 Å². The number of aromatic nitrogens is 2. The first-order valence-corrected chi connectivity index (χ1v) is 11.2. The van der Waals surface area contributed by atoms with Crippen molar-refractivity contribution in [2.75, 3.05) is 64.4 Å². The third-order valence-corrected chi connectivity index (χ3v) is 5.54. The van der Waals surface area contributed by atoms with Crippen molar-refractivity contribution >= 4 is 47.5 Å². The minimum atomic E-state index is 0. The van der Waals surface area contributed by atoms with Gasteiger partial charge in [-0.2, -0.15) is 0 Å². The van der Waals surface area contributed by atoms with Crippen LogP contribution in [0.15, 0.2) is 41.7 Å². The molecule has 32 heavy (non-hydrogen) atoms. The average molecular weight is 574 g/mol. The minimum Gasteiger partial charge on any atom is -0.497 e. The van der Waals surface area contributed by atoms with E-state index in [1.165, 1.54) is 0 Å². The van der Waals surface area contributed by atoms with E-state index in [4.69, 9.17) is 21.3 Å². The maximum absolute atomic E-state index is 6.33. The lowest BCUT2D eigenvalue weighted by atomic mass is 10.1. The molecule has 8 nitrogen and oxygen atoms in total. The first-order chi connectivity index (χ1) is 15.2. The SMILES string of the molecule is CCNC(=NCCN1CCN(c2ncccn2)CC1)NCCc1ccc(OC)cc1Cl.I. The number of piperazine rings is 1. The van der Waals surface area contributed by atoms with Gasteiger partial charge in [-0.25, -0.2) is 9.97 Å². The highest BCUT2D eigenvalue weighted by molar-refractivity contribution is 14.0. The normalized spacial score (nSPS) is 14.6. The molecule has 1 aromatic carbocycles. The highest BCUT2D eigenvalue weighted by atomic mass is 127. The summed E-state index contributed by atoms with van der Waals surface area (Å²) in [4.78, 5) is 18.1. The molecular formula is C22H33ClIN7O. The van der Waals surface area contributed by atoms with Crippen molar-refractivity contribution in [2.24, 2.45) is 4.99 Å². The molecular weight excluding hydrogens is 541 g/mol.